The van der Waals surface area contributed by atoms with E-state index in [1.165, 1.54) is 32.1 Å². The molecule has 11 heavy (non-hydrogen) atoms. The first-order valence-corrected chi connectivity index (χ1v) is 4.82. The molecular formula is C10H18O. The lowest BCUT2D eigenvalue weighted by Gasteiger charge is -2.26. The summed E-state index contributed by atoms with van der Waals surface area (Å²) in [5, 5.41) is 0. The third-order valence-corrected chi connectivity index (χ3v) is 3.57. The van der Waals surface area contributed by atoms with Crippen LogP contribution in [0.3, 0.4) is 0 Å². The van der Waals surface area contributed by atoms with Crippen LogP contribution in [0.4, 0.5) is 0 Å². The molecule has 0 unspecified atom stereocenters. The Morgan fingerprint density at radius 3 is 2.18 bits per heavy atom. The summed E-state index contributed by atoms with van der Waals surface area (Å²) < 4.78 is 5.85. The molecule has 2 fully saturated rings. The zero-order valence-corrected chi connectivity index (χ0v) is 7.65. The summed E-state index contributed by atoms with van der Waals surface area (Å²) >= 11 is 0. The number of hydrogen-bond donors (Lipinski definition) is 0. The molecule has 2 aliphatic rings. The average Bonchev–Trinajstić information content (AvgIpc) is 2.42. The predicted molar refractivity (Wildman–Crippen MR) is 45.5 cm³/mol. The number of hydrogen-bond acceptors (Lipinski definition) is 1. The molecule has 0 aromatic rings. The van der Waals surface area contributed by atoms with Gasteiger partial charge in [0.25, 0.3) is 0 Å². The fourth-order valence-electron chi connectivity index (χ4n) is 2.94. The third-order valence-electron chi connectivity index (χ3n) is 3.57. The molecule has 0 spiro atoms. The Hall–Kier alpha value is -0.0400. The molecule has 1 nitrogen and oxygen atoms in total. The van der Waals surface area contributed by atoms with Crippen molar-refractivity contribution < 1.29 is 4.74 Å². The summed E-state index contributed by atoms with van der Waals surface area (Å²) in [5.74, 6) is 0. The van der Waals surface area contributed by atoms with Gasteiger partial charge in [0.2, 0.25) is 0 Å². The molecule has 0 heterocycles. The maximum atomic E-state index is 5.85. The van der Waals surface area contributed by atoms with Gasteiger partial charge in [-0.2, -0.15) is 0 Å². The summed E-state index contributed by atoms with van der Waals surface area (Å²) in [6, 6.07) is 0. The highest BCUT2D eigenvalue weighted by atomic mass is 16.5. The third kappa shape index (κ3) is 1.10. The van der Waals surface area contributed by atoms with Crippen molar-refractivity contribution in [3.63, 3.8) is 0 Å². The second-order valence-corrected chi connectivity index (χ2v) is 4.60. The van der Waals surface area contributed by atoms with E-state index >= 15 is 0 Å². The van der Waals surface area contributed by atoms with Crippen molar-refractivity contribution in [2.45, 2.75) is 51.6 Å². The predicted octanol–water partition coefficient (Wildman–Crippen LogP) is 2.75. The monoisotopic (exact) mass is 154 g/mol. The number of ether oxygens (including phenoxy) is 1. The molecule has 0 aliphatic heterocycles. The Labute approximate surface area is 69.1 Å². The minimum absolute atomic E-state index is 0.323. The fourth-order valence-corrected chi connectivity index (χ4v) is 2.94. The molecule has 0 saturated heterocycles. The van der Waals surface area contributed by atoms with Crippen molar-refractivity contribution in [2.75, 3.05) is 6.61 Å². The highest BCUT2D eigenvalue weighted by molar-refractivity contribution is 5.04. The quantitative estimate of drug-likeness (QED) is 0.594. The Bertz CT molecular complexity index is 149. The van der Waals surface area contributed by atoms with Crippen LogP contribution in [0.2, 0.25) is 0 Å². The second kappa shape index (κ2) is 2.22. The van der Waals surface area contributed by atoms with E-state index in [2.05, 4.69) is 13.8 Å². The molecule has 0 N–H and O–H groups in total. The van der Waals surface area contributed by atoms with Gasteiger partial charge in [-0.05, 0) is 44.4 Å². The maximum Gasteiger partial charge on any atom is 0.0688 e. The molecule has 64 valence electrons. The minimum Gasteiger partial charge on any atom is -0.375 e. The summed E-state index contributed by atoms with van der Waals surface area (Å²) in [5.41, 5.74) is 0.971. The summed E-state index contributed by atoms with van der Waals surface area (Å²) in [6.45, 7) is 5.43. The van der Waals surface area contributed by atoms with Crippen molar-refractivity contribution in [1.82, 2.24) is 0 Å². The lowest BCUT2D eigenvalue weighted by atomic mass is 9.87. The highest BCUT2D eigenvalue weighted by Crippen LogP contribution is 2.57. The SMILES string of the molecule is CCOC12CCC(C)(CC1)C2. The smallest absolute Gasteiger partial charge is 0.0688 e. The normalized spacial score (nSPS) is 48.5. The highest BCUT2D eigenvalue weighted by Gasteiger charge is 2.52. The topological polar surface area (TPSA) is 9.23 Å². The number of fused-ring (bicyclic) bond motifs is 2. The summed E-state index contributed by atoms with van der Waals surface area (Å²) in [4.78, 5) is 0. The minimum atomic E-state index is 0.323. The van der Waals surface area contributed by atoms with Crippen LogP contribution in [0.1, 0.15) is 46.0 Å². The van der Waals surface area contributed by atoms with Gasteiger partial charge < -0.3 is 4.74 Å². The zero-order chi connectivity index (χ0) is 7.95. The van der Waals surface area contributed by atoms with Crippen LogP contribution in [-0.4, -0.2) is 12.2 Å². The Balaban J connectivity index is 2.08. The molecule has 1 heteroatoms. The van der Waals surface area contributed by atoms with Gasteiger partial charge in [-0.25, -0.2) is 0 Å². The van der Waals surface area contributed by atoms with Gasteiger partial charge in [0.15, 0.2) is 0 Å². The van der Waals surface area contributed by atoms with Gasteiger partial charge in [-0.15, -0.1) is 0 Å². The van der Waals surface area contributed by atoms with Crippen LogP contribution < -0.4 is 0 Å². The summed E-state index contributed by atoms with van der Waals surface area (Å²) in [7, 11) is 0. The van der Waals surface area contributed by atoms with E-state index in [9.17, 15) is 0 Å². The fraction of sp³-hybridized carbons (Fsp3) is 1.00. The van der Waals surface area contributed by atoms with Crippen LogP contribution in [0.25, 0.3) is 0 Å². The van der Waals surface area contributed by atoms with E-state index in [-0.39, 0.29) is 0 Å². The van der Waals surface area contributed by atoms with Gasteiger partial charge in [-0.3, -0.25) is 0 Å². The molecule has 2 aliphatic carbocycles. The van der Waals surface area contributed by atoms with Crippen LogP contribution in [-0.2, 0) is 4.74 Å². The molecule has 0 atom stereocenters. The van der Waals surface area contributed by atoms with Gasteiger partial charge in [0, 0.05) is 6.61 Å². The summed E-state index contributed by atoms with van der Waals surface area (Å²) in [6.07, 6.45) is 6.75. The maximum absolute atomic E-state index is 5.85. The van der Waals surface area contributed by atoms with Crippen molar-refractivity contribution >= 4 is 0 Å². The van der Waals surface area contributed by atoms with Crippen molar-refractivity contribution in [3.8, 4) is 0 Å². The van der Waals surface area contributed by atoms with Gasteiger partial charge >= 0.3 is 0 Å². The van der Waals surface area contributed by atoms with Crippen LogP contribution in [0, 0.1) is 5.41 Å². The average molecular weight is 154 g/mol. The van der Waals surface area contributed by atoms with E-state index in [0.29, 0.717) is 11.0 Å². The molecule has 0 aromatic heterocycles. The lowest BCUT2D eigenvalue weighted by Crippen LogP contribution is -2.26. The number of rotatable bonds is 2. The van der Waals surface area contributed by atoms with Gasteiger partial charge in [0.05, 0.1) is 5.60 Å². The first-order valence-electron chi connectivity index (χ1n) is 4.82. The zero-order valence-electron chi connectivity index (χ0n) is 7.65. The van der Waals surface area contributed by atoms with Crippen molar-refractivity contribution in [1.29, 1.82) is 0 Å². The molecule has 0 amide bonds. The largest absolute Gasteiger partial charge is 0.375 e. The molecule has 2 rings (SSSR count). The Kier molecular flexibility index (Phi) is 1.54. The van der Waals surface area contributed by atoms with Gasteiger partial charge in [-0.1, -0.05) is 6.92 Å². The van der Waals surface area contributed by atoms with Crippen molar-refractivity contribution in [2.24, 2.45) is 5.41 Å². The molecule has 0 radical (unpaired) electrons. The first kappa shape index (κ1) is 7.60. The first-order chi connectivity index (χ1) is 5.18. The van der Waals surface area contributed by atoms with Crippen molar-refractivity contribution in [3.05, 3.63) is 0 Å². The van der Waals surface area contributed by atoms with Crippen LogP contribution in [0.5, 0.6) is 0 Å². The van der Waals surface area contributed by atoms with Gasteiger partial charge in [0.1, 0.15) is 0 Å². The second-order valence-electron chi connectivity index (χ2n) is 4.60. The van der Waals surface area contributed by atoms with E-state index in [1.807, 2.05) is 0 Å². The van der Waals surface area contributed by atoms with Crippen LogP contribution >= 0.6 is 0 Å². The Morgan fingerprint density at radius 1 is 1.18 bits per heavy atom. The Morgan fingerprint density at radius 2 is 1.82 bits per heavy atom. The lowest BCUT2D eigenvalue weighted by molar-refractivity contribution is -0.0303. The standard InChI is InChI=1S/C10H18O/c1-3-11-10-6-4-9(2,8-10)5-7-10/h3-8H2,1-2H3. The van der Waals surface area contributed by atoms with Crippen LogP contribution in [0.15, 0.2) is 0 Å². The molecule has 0 aromatic carbocycles. The molecular weight excluding hydrogens is 136 g/mol. The molecule has 2 saturated carbocycles. The van der Waals surface area contributed by atoms with E-state index in [0.717, 1.165) is 6.61 Å². The van der Waals surface area contributed by atoms with E-state index < -0.39 is 0 Å². The molecule has 2 bridgehead atoms. The van der Waals surface area contributed by atoms with E-state index in [4.69, 9.17) is 4.74 Å². The van der Waals surface area contributed by atoms with E-state index in [1.54, 1.807) is 0 Å².